The van der Waals surface area contributed by atoms with Crippen LogP contribution in [-0.2, 0) is 0 Å². The van der Waals surface area contributed by atoms with Crippen molar-refractivity contribution in [1.82, 2.24) is 9.78 Å². The molecule has 0 atom stereocenters. The zero-order valence-electron chi connectivity index (χ0n) is 11.5. The lowest BCUT2D eigenvalue weighted by atomic mass is 10.0. The molecule has 2 heterocycles. The van der Waals surface area contributed by atoms with Gasteiger partial charge in [0.2, 0.25) is 0 Å². The molecular weight excluding hydrogens is 330 g/mol. The number of anilines is 2. The highest BCUT2D eigenvalue weighted by Gasteiger charge is 2.22. The number of rotatable bonds is 2. The maximum Gasteiger partial charge on any atom is 0.145 e. The smallest absolute Gasteiger partial charge is 0.145 e. The second-order valence-corrected chi connectivity index (χ2v) is 6.13. The van der Waals surface area contributed by atoms with Gasteiger partial charge in [-0.3, -0.25) is 4.68 Å². The van der Waals surface area contributed by atoms with Crippen molar-refractivity contribution in [2.45, 2.75) is 18.9 Å². The van der Waals surface area contributed by atoms with Gasteiger partial charge in [0.1, 0.15) is 11.9 Å². The summed E-state index contributed by atoms with van der Waals surface area (Å²) in [4.78, 5) is 2.27. The van der Waals surface area contributed by atoms with E-state index in [1.165, 1.54) is 0 Å². The van der Waals surface area contributed by atoms with E-state index in [9.17, 15) is 5.26 Å². The van der Waals surface area contributed by atoms with Crippen molar-refractivity contribution in [2.75, 3.05) is 23.7 Å². The Labute approximate surface area is 132 Å². The van der Waals surface area contributed by atoms with Crippen LogP contribution < -0.4 is 10.6 Å². The molecule has 0 saturated carbocycles. The normalized spacial score (nSPS) is 15.9. The van der Waals surface area contributed by atoms with Crippen LogP contribution in [0.3, 0.4) is 0 Å². The first-order valence-corrected chi connectivity index (χ1v) is 7.72. The van der Waals surface area contributed by atoms with Crippen LogP contribution in [0.5, 0.6) is 0 Å². The number of hydrogen-bond acceptors (Lipinski definition) is 4. The van der Waals surface area contributed by atoms with E-state index in [1.54, 1.807) is 0 Å². The number of nitrogen functional groups attached to an aromatic ring is 1. The van der Waals surface area contributed by atoms with Gasteiger partial charge in [0.05, 0.1) is 17.3 Å². The second-order valence-electron chi connectivity index (χ2n) is 5.21. The van der Waals surface area contributed by atoms with Gasteiger partial charge in [-0.15, -0.1) is 0 Å². The minimum Gasteiger partial charge on any atom is -0.382 e. The molecule has 1 fully saturated rings. The Bertz CT molecular complexity index is 680. The number of piperidine rings is 1. The van der Waals surface area contributed by atoms with Crippen molar-refractivity contribution in [1.29, 1.82) is 5.26 Å². The molecule has 1 aliphatic rings. The quantitative estimate of drug-likeness (QED) is 0.908. The highest BCUT2D eigenvalue weighted by Crippen LogP contribution is 2.30. The van der Waals surface area contributed by atoms with Crippen molar-refractivity contribution >= 4 is 27.4 Å². The lowest BCUT2D eigenvalue weighted by Crippen LogP contribution is -2.35. The first kappa shape index (κ1) is 14.0. The van der Waals surface area contributed by atoms with Gasteiger partial charge in [0.25, 0.3) is 0 Å². The van der Waals surface area contributed by atoms with E-state index in [2.05, 4.69) is 32.0 Å². The summed E-state index contributed by atoms with van der Waals surface area (Å²) in [6.45, 7) is 1.82. The van der Waals surface area contributed by atoms with E-state index in [0.29, 0.717) is 11.9 Å². The zero-order valence-corrected chi connectivity index (χ0v) is 13.1. The molecule has 2 N–H and O–H groups in total. The van der Waals surface area contributed by atoms with Crippen molar-refractivity contribution in [3.63, 3.8) is 0 Å². The Balaban J connectivity index is 1.74. The summed E-state index contributed by atoms with van der Waals surface area (Å²) in [6, 6.07) is 10.3. The SMILES string of the molecule is N#Cc1ccc(Br)cc1N1CCC(n2ccc(N)n2)CC1. The predicted octanol–water partition coefficient (Wildman–Crippen LogP) is 2.94. The number of nitriles is 1. The van der Waals surface area contributed by atoms with Gasteiger partial charge in [0, 0.05) is 23.8 Å². The summed E-state index contributed by atoms with van der Waals surface area (Å²) in [7, 11) is 0. The van der Waals surface area contributed by atoms with Gasteiger partial charge in [-0.2, -0.15) is 10.4 Å². The van der Waals surface area contributed by atoms with Gasteiger partial charge in [-0.05, 0) is 37.1 Å². The molecule has 108 valence electrons. The molecule has 21 heavy (non-hydrogen) atoms. The molecule has 1 aromatic carbocycles. The molecule has 2 aromatic rings. The molecule has 0 bridgehead atoms. The van der Waals surface area contributed by atoms with Crippen molar-refractivity contribution in [3.8, 4) is 6.07 Å². The van der Waals surface area contributed by atoms with E-state index >= 15 is 0 Å². The van der Waals surface area contributed by atoms with Gasteiger partial charge >= 0.3 is 0 Å². The summed E-state index contributed by atoms with van der Waals surface area (Å²) in [5.74, 6) is 0.566. The molecular formula is C15H16BrN5. The predicted molar refractivity (Wildman–Crippen MR) is 86.0 cm³/mol. The van der Waals surface area contributed by atoms with E-state index in [-0.39, 0.29) is 0 Å². The lowest BCUT2D eigenvalue weighted by Gasteiger charge is -2.34. The van der Waals surface area contributed by atoms with Crippen LogP contribution in [0.25, 0.3) is 0 Å². The van der Waals surface area contributed by atoms with E-state index in [0.717, 1.165) is 41.7 Å². The molecule has 1 saturated heterocycles. The topological polar surface area (TPSA) is 70.9 Å². The zero-order chi connectivity index (χ0) is 14.8. The van der Waals surface area contributed by atoms with Gasteiger partial charge in [0.15, 0.2) is 0 Å². The van der Waals surface area contributed by atoms with Crippen LogP contribution in [-0.4, -0.2) is 22.9 Å². The molecule has 1 aromatic heterocycles. The maximum atomic E-state index is 9.25. The Morgan fingerprint density at radius 1 is 1.29 bits per heavy atom. The van der Waals surface area contributed by atoms with Crippen molar-refractivity contribution in [2.24, 2.45) is 0 Å². The van der Waals surface area contributed by atoms with Crippen molar-refractivity contribution in [3.05, 3.63) is 40.5 Å². The number of nitrogens with two attached hydrogens (primary N) is 1. The van der Waals surface area contributed by atoms with E-state index in [1.807, 2.05) is 35.1 Å². The summed E-state index contributed by atoms with van der Waals surface area (Å²) >= 11 is 3.48. The van der Waals surface area contributed by atoms with Gasteiger partial charge in [-0.25, -0.2) is 0 Å². The highest BCUT2D eigenvalue weighted by atomic mass is 79.9. The molecule has 0 spiro atoms. The first-order valence-electron chi connectivity index (χ1n) is 6.92. The van der Waals surface area contributed by atoms with Gasteiger partial charge < -0.3 is 10.6 Å². The monoisotopic (exact) mass is 345 g/mol. The first-order chi connectivity index (χ1) is 10.2. The average Bonchev–Trinajstić information content (AvgIpc) is 2.94. The standard InChI is InChI=1S/C15H16BrN5/c16-12-2-1-11(10-17)14(9-12)20-6-3-13(4-7-20)21-8-5-15(18)19-21/h1-2,5,8-9,13H,3-4,6-7H2,(H2,18,19). The summed E-state index contributed by atoms with van der Waals surface area (Å²) in [5, 5.41) is 13.5. The molecule has 0 unspecified atom stereocenters. The average molecular weight is 346 g/mol. The Morgan fingerprint density at radius 2 is 2.05 bits per heavy atom. The highest BCUT2D eigenvalue weighted by molar-refractivity contribution is 9.10. The Kier molecular flexibility index (Phi) is 3.84. The number of aromatic nitrogens is 2. The van der Waals surface area contributed by atoms with Crippen LogP contribution in [0.15, 0.2) is 34.9 Å². The van der Waals surface area contributed by atoms with Crippen LogP contribution in [0.2, 0.25) is 0 Å². The van der Waals surface area contributed by atoms with Crippen molar-refractivity contribution < 1.29 is 0 Å². The van der Waals surface area contributed by atoms with E-state index < -0.39 is 0 Å². The van der Waals surface area contributed by atoms with E-state index in [4.69, 9.17) is 5.73 Å². The number of hydrogen-bond donors (Lipinski definition) is 1. The number of benzene rings is 1. The molecule has 0 radical (unpaired) electrons. The van der Waals surface area contributed by atoms with Crippen LogP contribution in [0.1, 0.15) is 24.4 Å². The molecule has 5 nitrogen and oxygen atoms in total. The molecule has 1 aliphatic heterocycles. The maximum absolute atomic E-state index is 9.25. The van der Waals surface area contributed by atoms with Crippen LogP contribution >= 0.6 is 15.9 Å². The fourth-order valence-electron chi connectivity index (χ4n) is 2.79. The third kappa shape index (κ3) is 2.88. The summed E-state index contributed by atoms with van der Waals surface area (Å²) in [6.07, 6.45) is 3.94. The fraction of sp³-hybridized carbons (Fsp3) is 0.333. The summed E-state index contributed by atoms with van der Waals surface area (Å²) < 4.78 is 2.96. The third-order valence-corrected chi connectivity index (χ3v) is 4.38. The molecule has 0 aliphatic carbocycles. The Morgan fingerprint density at radius 3 is 2.67 bits per heavy atom. The minimum absolute atomic E-state index is 0.385. The largest absolute Gasteiger partial charge is 0.382 e. The fourth-order valence-corrected chi connectivity index (χ4v) is 3.14. The Hall–Kier alpha value is -2.00. The van der Waals surface area contributed by atoms with Crippen LogP contribution in [0, 0.1) is 11.3 Å². The summed E-state index contributed by atoms with van der Waals surface area (Å²) in [5.41, 5.74) is 7.40. The number of nitrogens with zero attached hydrogens (tertiary/aromatic N) is 4. The van der Waals surface area contributed by atoms with Gasteiger partial charge in [-0.1, -0.05) is 15.9 Å². The molecule has 6 heteroatoms. The molecule has 0 amide bonds. The lowest BCUT2D eigenvalue weighted by molar-refractivity contribution is 0.367. The second kappa shape index (κ2) is 5.78. The number of halogens is 1. The van der Waals surface area contributed by atoms with Crippen LogP contribution in [0.4, 0.5) is 11.5 Å². The third-order valence-electron chi connectivity index (χ3n) is 3.89. The molecule has 3 rings (SSSR count). The minimum atomic E-state index is 0.385.